The van der Waals surface area contributed by atoms with Crippen LogP contribution in [0.3, 0.4) is 0 Å². The van der Waals surface area contributed by atoms with Crippen LogP contribution < -0.4 is 0 Å². The number of benzene rings is 1. The van der Waals surface area contributed by atoms with Crippen molar-refractivity contribution < 1.29 is 32.0 Å². The fourth-order valence-electron chi connectivity index (χ4n) is 8.64. The number of rotatable bonds is 47. The molecular formula is C56H98O7S. The summed E-state index contributed by atoms with van der Waals surface area (Å²) in [6.45, 7) is 4.56. The third-order valence-corrected chi connectivity index (χ3v) is 13.6. The fourth-order valence-corrected chi connectivity index (χ4v) is 9.34. The van der Waals surface area contributed by atoms with Crippen molar-refractivity contribution in [2.24, 2.45) is 0 Å². The Morgan fingerprint density at radius 2 is 0.688 bits per heavy atom. The van der Waals surface area contributed by atoms with Gasteiger partial charge in [-0.2, -0.15) is 8.42 Å². The molecule has 0 saturated heterocycles. The Kier molecular flexibility index (Phi) is 41.3. The molecule has 0 radical (unpaired) electrons. The number of unbranched alkanes of at least 4 members (excludes halogenated alkanes) is 40. The number of hydrogen-bond donors (Lipinski definition) is 1. The lowest BCUT2D eigenvalue weighted by atomic mass is 10.0. The molecule has 0 amide bonds. The topological polar surface area (TPSA) is 107 Å². The van der Waals surface area contributed by atoms with Gasteiger partial charge < -0.3 is 9.47 Å². The van der Waals surface area contributed by atoms with Gasteiger partial charge in [0.05, 0.1) is 23.7 Å². The molecule has 0 aromatic heterocycles. The molecular weight excluding hydrogens is 817 g/mol. The van der Waals surface area contributed by atoms with Gasteiger partial charge in [-0.15, -0.1) is 0 Å². The standard InChI is InChI=1S/C56H98O7S/c1-3-5-7-9-11-13-15-17-19-21-23-25-27-29-31-33-35-37-39-41-43-45-50-62-55(57)52-48-47-49-53(64(59,60)61)54(52)56(58)63-51-46-44-42-40-38-36-34-32-30-28-26-24-22-20-18-16-14-12-10-8-6-4-2/h45-51H,3-44H2,1-2H3,(H,59,60,61)/b50-45+,51-46+. The molecule has 1 rings (SSSR count). The van der Waals surface area contributed by atoms with Crippen LogP contribution in [0.4, 0.5) is 0 Å². The van der Waals surface area contributed by atoms with Crippen LogP contribution >= 0.6 is 0 Å². The predicted octanol–water partition coefficient (Wildman–Crippen LogP) is 18.7. The molecule has 370 valence electrons. The SMILES string of the molecule is CCCCCCCCCCCCCCCCCCCCCC/C=C/OC(=O)c1cccc(S(=O)(=O)O)c1C(=O)O/C=C/CCCCCCCCCCCCCCCCCCCCCC. The zero-order valence-corrected chi connectivity index (χ0v) is 42.4. The first kappa shape index (κ1) is 59.6. The van der Waals surface area contributed by atoms with E-state index in [1.165, 1.54) is 256 Å². The van der Waals surface area contributed by atoms with Crippen LogP contribution in [0.15, 0.2) is 47.8 Å². The quantitative estimate of drug-likeness (QED) is 0.0300. The molecule has 1 aromatic rings. The Bertz CT molecular complexity index is 1400. The van der Waals surface area contributed by atoms with Crippen molar-refractivity contribution in [1.29, 1.82) is 0 Å². The lowest BCUT2D eigenvalue weighted by Gasteiger charge is -2.10. The van der Waals surface area contributed by atoms with E-state index in [2.05, 4.69) is 13.8 Å². The average molecular weight is 915 g/mol. The second-order valence-corrected chi connectivity index (χ2v) is 20.1. The highest BCUT2D eigenvalue weighted by Crippen LogP contribution is 2.23. The molecule has 8 heteroatoms. The maximum absolute atomic E-state index is 13.1. The molecule has 0 unspecified atom stereocenters. The van der Waals surface area contributed by atoms with Crippen molar-refractivity contribution in [2.45, 2.75) is 288 Å². The molecule has 0 spiro atoms. The average Bonchev–Trinajstić information content (AvgIpc) is 3.28. The van der Waals surface area contributed by atoms with Crippen LogP contribution in [0, 0.1) is 0 Å². The van der Waals surface area contributed by atoms with Gasteiger partial charge in [-0.3, -0.25) is 4.55 Å². The Hall–Kier alpha value is -2.45. The third kappa shape index (κ3) is 35.8. The molecule has 0 atom stereocenters. The summed E-state index contributed by atoms with van der Waals surface area (Å²) in [5, 5.41) is 0. The monoisotopic (exact) mass is 915 g/mol. The molecule has 0 fully saturated rings. The first-order chi connectivity index (χ1) is 31.3. The third-order valence-electron chi connectivity index (χ3n) is 12.7. The van der Waals surface area contributed by atoms with Crippen LogP contribution in [0.25, 0.3) is 0 Å². The summed E-state index contributed by atoms with van der Waals surface area (Å²) in [5.74, 6) is -1.95. The van der Waals surface area contributed by atoms with E-state index in [-0.39, 0.29) is 5.56 Å². The molecule has 0 heterocycles. The highest BCUT2D eigenvalue weighted by atomic mass is 32.2. The van der Waals surface area contributed by atoms with E-state index in [9.17, 15) is 22.6 Å². The number of esters is 2. The second kappa shape index (κ2) is 44.4. The zero-order valence-electron chi connectivity index (χ0n) is 41.5. The van der Waals surface area contributed by atoms with Gasteiger partial charge in [0.15, 0.2) is 0 Å². The highest BCUT2D eigenvalue weighted by Gasteiger charge is 2.28. The van der Waals surface area contributed by atoms with Crippen molar-refractivity contribution >= 4 is 22.1 Å². The maximum atomic E-state index is 13.1. The molecule has 64 heavy (non-hydrogen) atoms. The summed E-state index contributed by atoms with van der Waals surface area (Å²) in [6.07, 6.45) is 60.7. The summed E-state index contributed by atoms with van der Waals surface area (Å²) >= 11 is 0. The summed E-state index contributed by atoms with van der Waals surface area (Å²) < 4.78 is 44.6. The number of ether oxygens (including phenoxy) is 2. The Labute approximate surface area is 394 Å². The first-order valence-electron chi connectivity index (χ1n) is 27.1. The number of carbonyl (C=O) groups is 2. The van der Waals surface area contributed by atoms with Crippen molar-refractivity contribution in [2.75, 3.05) is 0 Å². The van der Waals surface area contributed by atoms with Crippen molar-refractivity contribution in [3.63, 3.8) is 0 Å². The second-order valence-electron chi connectivity index (χ2n) is 18.7. The molecule has 0 saturated carbocycles. The first-order valence-corrected chi connectivity index (χ1v) is 28.6. The minimum atomic E-state index is -4.81. The molecule has 0 bridgehead atoms. The predicted molar refractivity (Wildman–Crippen MR) is 271 cm³/mol. The number of hydrogen-bond acceptors (Lipinski definition) is 6. The van der Waals surface area contributed by atoms with E-state index in [0.29, 0.717) is 6.42 Å². The van der Waals surface area contributed by atoms with E-state index < -0.39 is 32.5 Å². The summed E-state index contributed by atoms with van der Waals surface area (Å²) in [5.41, 5.74) is -0.827. The largest absolute Gasteiger partial charge is 0.431 e. The minimum Gasteiger partial charge on any atom is -0.431 e. The Morgan fingerprint density at radius 1 is 0.422 bits per heavy atom. The highest BCUT2D eigenvalue weighted by molar-refractivity contribution is 7.86. The molecule has 0 aliphatic rings. The van der Waals surface area contributed by atoms with Crippen molar-refractivity contribution in [3.8, 4) is 0 Å². The molecule has 0 aliphatic carbocycles. The van der Waals surface area contributed by atoms with Gasteiger partial charge in [0.1, 0.15) is 4.90 Å². The summed E-state index contributed by atoms with van der Waals surface area (Å²) in [4.78, 5) is 25.3. The van der Waals surface area contributed by atoms with Crippen LogP contribution in [0.2, 0.25) is 0 Å². The van der Waals surface area contributed by atoms with E-state index in [1.54, 1.807) is 12.2 Å². The zero-order chi connectivity index (χ0) is 46.4. The normalized spacial score (nSPS) is 11.9. The van der Waals surface area contributed by atoms with Crippen molar-refractivity contribution in [1.82, 2.24) is 0 Å². The van der Waals surface area contributed by atoms with Gasteiger partial charge in [0, 0.05) is 0 Å². The number of carbonyl (C=O) groups excluding carboxylic acids is 2. The van der Waals surface area contributed by atoms with Gasteiger partial charge in [-0.05, 0) is 50.0 Å². The molecule has 1 aromatic carbocycles. The van der Waals surface area contributed by atoms with Gasteiger partial charge in [-0.25, -0.2) is 9.59 Å². The van der Waals surface area contributed by atoms with Crippen LogP contribution in [0.1, 0.15) is 304 Å². The Morgan fingerprint density at radius 3 is 0.969 bits per heavy atom. The molecule has 1 N–H and O–H groups in total. The van der Waals surface area contributed by atoms with Crippen LogP contribution in [0.5, 0.6) is 0 Å². The summed E-state index contributed by atoms with van der Waals surface area (Å²) in [6, 6.07) is 3.65. The smallest absolute Gasteiger partial charge is 0.345 e. The van der Waals surface area contributed by atoms with E-state index in [0.717, 1.165) is 38.2 Å². The van der Waals surface area contributed by atoms with E-state index in [4.69, 9.17) is 9.47 Å². The van der Waals surface area contributed by atoms with E-state index in [1.807, 2.05) is 0 Å². The lowest BCUT2D eigenvalue weighted by Crippen LogP contribution is -2.16. The van der Waals surface area contributed by atoms with Gasteiger partial charge in [0.25, 0.3) is 10.1 Å². The summed E-state index contributed by atoms with van der Waals surface area (Å²) in [7, 11) is -4.81. The fraction of sp³-hybridized carbons (Fsp3) is 0.786. The van der Waals surface area contributed by atoms with Crippen LogP contribution in [-0.4, -0.2) is 24.9 Å². The molecule has 0 aliphatic heterocycles. The van der Waals surface area contributed by atoms with Crippen molar-refractivity contribution in [3.05, 3.63) is 54.0 Å². The number of allylic oxidation sites excluding steroid dienone is 2. The van der Waals surface area contributed by atoms with Gasteiger partial charge in [0.2, 0.25) is 0 Å². The van der Waals surface area contributed by atoms with Gasteiger partial charge >= 0.3 is 11.9 Å². The lowest BCUT2D eigenvalue weighted by molar-refractivity contribution is 0.0614. The van der Waals surface area contributed by atoms with Gasteiger partial charge in [-0.1, -0.05) is 264 Å². The minimum absolute atomic E-state index is 0.286. The van der Waals surface area contributed by atoms with E-state index >= 15 is 0 Å². The Balaban J connectivity index is 2.15. The van der Waals surface area contributed by atoms with Crippen LogP contribution in [-0.2, 0) is 19.6 Å². The molecule has 7 nitrogen and oxygen atoms in total. The maximum Gasteiger partial charge on any atom is 0.345 e.